The fourth-order valence-corrected chi connectivity index (χ4v) is 2.17. The Morgan fingerprint density at radius 1 is 1.18 bits per heavy atom. The van der Waals surface area contributed by atoms with Gasteiger partial charge in [0.05, 0.1) is 5.92 Å². The standard InChI is InChI=1S/C16H27N3O.2ClH/c1-4-19(5-2)12-11-18-16(20)13(3)15(17)14-9-7-6-8-10-14;;/h6-10,13,15H,4-5,11-12,17H2,1-3H3,(H,18,20);2*1H. The van der Waals surface area contributed by atoms with Gasteiger partial charge in [0.25, 0.3) is 0 Å². The van der Waals surface area contributed by atoms with Crippen molar-refractivity contribution in [2.24, 2.45) is 11.7 Å². The van der Waals surface area contributed by atoms with Crippen LogP contribution in [0, 0.1) is 5.92 Å². The van der Waals surface area contributed by atoms with Gasteiger partial charge in [-0.3, -0.25) is 4.79 Å². The molecule has 1 aromatic carbocycles. The summed E-state index contributed by atoms with van der Waals surface area (Å²) in [5.74, 6) is -0.206. The SMILES string of the molecule is CCN(CC)CCNC(=O)C(C)C(N)c1ccccc1.Cl.Cl. The number of rotatable bonds is 8. The lowest BCUT2D eigenvalue weighted by Gasteiger charge is -2.22. The molecule has 0 aliphatic heterocycles. The average Bonchev–Trinajstić information content (AvgIpc) is 2.50. The van der Waals surface area contributed by atoms with Crippen molar-refractivity contribution in [2.45, 2.75) is 26.8 Å². The zero-order chi connectivity index (χ0) is 15.0. The molecular weight excluding hydrogens is 321 g/mol. The maximum Gasteiger partial charge on any atom is 0.224 e. The Labute approximate surface area is 146 Å². The van der Waals surface area contributed by atoms with Crippen LogP contribution in [0.4, 0.5) is 0 Å². The summed E-state index contributed by atoms with van der Waals surface area (Å²) < 4.78 is 0. The second-order valence-electron chi connectivity index (χ2n) is 5.04. The number of hydrogen-bond donors (Lipinski definition) is 2. The van der Waals surface area contributed by atoms with Crippen LogP contribution < -0.4 is 11.1 Å². The van der Waals surface area contributed by atoms with E-state index in [1.54, 1.807) is 0 Å². The number of hydrogen-bond acceptors (Lipinski definition) is 3. The molecule has 0 heterocycles. The summed E-state index contributed by atoms with van der Waals surface area (Å²) in [6.45, 7) is 9.69. The molecule has 128 valence electrons. The number of amides is 1. The number of nitrogens with zero attached hydrogens (tertiary/aromatic N) is 1. The molecule has 2 atom stereocenters. The monoisotopic (exact) mass is 349 g/mol. The number of carbonyl (C=O) groups is 1. The molecule has 0 saturated heterocycles. The highest BCUT2D eigenvalue weighted by Crippen LogP contribution is 2.18. The van der Waals surface area contributed by atoms with E-state index in [0.29, 0.717) is 6.54 Å². The molecule has 22 heavy (non-hydrogen) atoms. The molecule has 1 amide bonds. The van der Waals surface area contributed by atoms with Crippen LogP contribution in [0.25, 0.3) is 0 Å². The van der Waals surface area contributed by atoms with Crippen LogP contribution in [0.5, 0.6) is 0 Å². The Balaban J connectivity index is 0. The predicted molar refractivity (Wildman–Crippen MR) is 97.8 cm³/mol. The summed E-state index contributed by atoms with van der Waals surface area (Å²) >= 11 is 0. The van der Waals surface area contributed by atoms with Gasteiger partial charge in [-0.05, 0) is 18.7 Å². The van der Waals surface area contributed by atoms with Gasteiger partial charge in [0.15, 0.2) is 0 Å². The summed E-state index contributed by atoms with van der Waals surface area (Å²) in [7, 11) is 0. The Hall–Kier alpha value is -0.810. The molecule has 6 heteroatoms. The molecule has 0 saturated carbocycles. The smallest absolute Gasteiger partial charge is 0.224 e. The Morgan fingerprint density at radius 2 is 1.73 bits per heavy atom. The van der Waals surface area contributed by atoms with Gasteiger partial charge in [-0.15, -0.1) is 24.8 Å². The Bertz CT molecular complexity index is 400. The fraction of sp³-hybridized carbons (Fsp3) is 0.562. The fourth-order valence-electron chi connectivity index (χ4n) is 2.17. The van der Waals surface area contributed by atoms with E-state index in [0.717, 1.165) is 25.2 Å². The average molecular weight is 350 g/mol. The van der Waals surface area contributed by atoms with E-state index in [-0.39, 0.29) is 42.7 Å². The molecule has 0 spiro atoms. The molecule has 0 fully saturated rings. The Kier molecular flexibility index (Phi) is 13.5. The maximum atomic E-state index is 12.1. The molecule has 0 bridgehead atoms. The third kappa shape index (κ3) is 7.45. The number of halogens is 2. The second kappa shape index (κ2) is 12.7. The second-order valence-corrected chi connectivity index (χ2v) is 5.04. The number of benzene rings is 1. The third-order valence-corrected chi connectivity index (χ3v) is 3.76. The van der Waals surface area contributed by atoms with Crippen molar-refractivity contribution in [1.29, 1.82) is 0 Å². The first-order valence-electron chi connectivity index (χ1n) is 7.40. The van der Waals surface area contributed by atoms with Gasteiger partial charge in [-0.25, -0.2) is 0 Å². The molecule has 0 aromatic heterocycles. The molecule has 2 unspecified atom stereocenters. The van der Waals surface area contributed by atoms with E-state index in [2.05, 4.69) is 24.1 Å². The van der Waals surface area contributed by atoms with Crippen LogP contribution in [0.15, 0.2) is 30.3 Å². The van der Waals surface area contributed by atoms with Gasteiger partial charge < -0.3 is 16.0 Å². The van der Waals surface area contributed by atoms with Gasteiger partial charge in [-0.2, -0.15) is 0 Å². The molecule has 0 aliphatic carbocycles. The van der Waals surface area contributed by atoms with Gasteiger partial charge >= 0.3 is 0 Å². The first-order chi connectivity index (χ1) is 9.60. The lowest BCUT2D eigenvalue weighted by Crippen LogP contribution is -2.39. The first-order valence-corrected chi connectivity index (χ1v) is 7.40. The lowest BCUT2D eigenvalue weighted by molar-refractivity contribution is -0.125. The van der Waals surface area contributed by atoms with Crippen LogP contribution >= 0.6 is 24.8 Å². The lowest BCUT2D eigenvalue weighted by atomic mass is 9.95. The van der Waals surface area contributed by atoms with Gasteiger partial charge in [0, 0.05) is 19.1 Å². The van der Waals surface area contributed by atoms with Crippen molar-refractivity contribution < 1.29 is 4.79 Å². The van der Waals surface area contributed by atoms with Crippen molar-refractivity contribution in [3.05, 3.63) is 35.9 Å². The van der Waals surface area contributed by atoms with Crippen LogP contribution in [0.2, 0.25) is 0 Å². The molecule has 4 nitrogen and oxygen atoms in total. The number of nitrogens with one attached hydrogen (secondary N) is 1. The summed E-state index contributed by atoms with van der Waals surface area (Å²) in [5, 5.41) is 2.97. The molecule has 3 N–H and O–H groups in total. The van der Waals surface area contributed by atoms with Crippen LogP contribution in [0.3, 0.4) is 0 Å². The number of nitrogens with two attached hydrogens (primary N) is 1. The van der Waals surface area contributed by atoms with E-state index in [4.69, 9.17) is 5.73 Å². The highest BCUT2D eigenvalue weighted by Gasteiger charge is 2.21. The van der Waals surface area contributed by atoms with E-state index in [1.165, 1.54) is 0 Å². The maximum absolute atomic E-state index is 12.1. The first kappa shape index (κ1) is 23.5. The van der Waals surface area contributed by atoms with Gasteiger partial charge in [0.2, 0.25) is 5.91 Å². The molecule has 1 rings (SSSR count). The minimum atomic E-state index is -0.260. The third-order valence-electron chi connectivity index (χ3n) is 3.76. The molecular formula is C16H29Cl2N3O. The highest BCUT2D eigenvalue weighted by molar-refractivity contribution is 5.85. The van der Waals surface area contributed by atoms with Crippen molar-refractivity contribution in [1.82, 2.24) is 10.2 Å². The van der Waals surface area contributed by atoms with Crippen molar-refractivity contribution in [3.8, 4) is 0 Å². The van der Waals surface area contributed by atoms with Crippen molar-refractivity contribution in [3.63, 3.8) is 0 Å². The minimum Gasteiger partial charge on any atom is -0.355 e. The van der Waals surface area contributed by atoms with E-state index in [1.807, 2.05) is 37.3 Å². The zero-order valence-corrected chi connectivity index (χ0v) is 15.3. The van der Waals surface area contributed by atoms with Crippen LogP contribution in [0.1, 0.15) is 32.4 Å². The minimum absolute atomic E-state index is 0. The van der Waals surface area contributed by atoms with Gasteiger partial charge in [-0.1, -0.05) is 51.1 Å². The van der Waals surface area contributed by atoms with Crippen molar-refractivity contribution in [2.75, 3.05) is 26.2 Å². The quantitative estimate of drug-likeness (QED) is 0.758. The molecule has 1 aromatic rings. The van der Waals surface area contributed by atoms with Gasteiger partial charge in [0.1, 0.15) is 0 Å². The summed E-state index contributed by atoms with van der Waals surface area (Å²) in [6.07, 6.45) is 0. The van der Waals surface area contributed by atoms with E-state index < -0.39 is 0 Å². The van der Waals surface area contributed by atoms with Crippen molar-refractivity contribution >= 4 is 30.7 Å². The molecule has 0 radical (unpaired) electrons. The Morgan fingerprint density at radius 3 is 2.23 bits per heavy atom. The van der Waals surface area contributed by atoms with Crippen LogP contribution in [-0.4, -0.2) is 37.0 Å². The largest absolute Gasteiger partial charge is 0.355 e. The van der Waals surface area contributed by atoms with Crippen LogP contribution in [-0.2, 0) is 4.79 Å². The highest BCUT2D eigenvalue weighted by atomic mass is 35.5. The topological polar surface area (TPSA) is 58.4 Å². The molecule has 0 aliphatic rings. The zero-order valence-electron chi connectivity index (χ0n) is 13.6. The number of carbonyl (C=O) groups excluding carboxylic acids is 1. The summed E-state index contributed by atoms with van der Waals surface area (Å²) in [6, 6.07) is 9.50. The number of likely N-dealkylation sites (N-methyl/N-ethyl adjacent to an activating group) is 1. The summed E-state index contributed by atoms with van der Waals surface area (Å²) in [4.78, 5) is 14.4. The van der Waals surface area contributed by atoms with E-state index >= 15 is 0 Å². The van der Waals surface area contributed by atoms with E-state index in [9.17, 15) is 4.79 Å². The predicted octanol–water partition coefficient (Wildman–Crippen LogP) is 2.62. The normalized spacial score (nSPS) is 12.8. The summed E-state index contributed by atoms with van der Waals surface area (Å²) in [5.41, 5.74) is 7.15.